The van der Waals surface area contributed by atoms with Gasteiger partial charge in [-0.3, -0.25) is 9.69 Å². The fraction of sp³-hybridized carbons (Fsp3) is 0.562. The first-order valence-corrected chi connectivity index (χ1v) is 8.33. The van der Waals surface area contributed by atoms with Crippen LogP contribution in [0.1, 0.15) is 39.0 Å². The molecule has 21 heavy (non-hydrogen) atoms. The van der Waals surface area contributed by atoms with E-state index >= 15 is 0 Å². The van der Waals surface area contributed by atoms with E-state index in [2.05, 4.69) is 10.2 Å². The van der Waals surface area contributed by atoms with Crippen LogP contribution in [0.15, 0.2) is 18.2 Å². The smallest absolute Gasteiger partial charge is 0.241 e. The van der Waals surface area contributed by atoms with Crippen LogP contribution in [0.2, 0.25) is 10.0 Å². The standard InChI is InChI=1S/C16H22Cl2N2O/c1-12(20-9-5-3-2-4-6-10-20)16(21)19-15-11-13(17)7-8-14(15)18/h7-8,11-12H,2-6,9-10H2,1H3,(H,19,21). The minimum atomic E-state index is -0.154. The van der Waals surface area contributed by atoms with Gasteiger partial charge in [0.15, 0.2) is 0 Å². The van der Waals surface area contributed by atoms with Crippen LogP contribution in [-0.4, -0.2) is 29.9 Å². The molecule has 1 fully saturated rings. The zero-order valence-corrected chi connectivity index (χ0v) is 13.9. The van der Waals surface area contributed by atoms with E-state index in [1.54, 1.807) is 18.2 Å². The second-order valence-corrected chi connectivity index (χ2v) is 6.44. The lowest BCUT2D eigenvalue weighted by molar-refractivity contribution is -0.120. The average molecular weight is 329 g/mol. The minimum Gasteiger partial charge on any atom is -0.323 e. The molecule has 0 aliphatic carbocycles. The number of nitrogens with zero attached hydrogens (tertiary/aromatic N) is 1. The van der Waals surface area contributed by atoms with Gasteiger partial charge in [-0.1, -0.05) is 42.5 Å². The maximum absolute atomic E-state index is 12.4. The average Bonchev–Trinajstić information content (AvgIpc) is 2.42. The summed E-state index contributed by atoms with van der Waals surface area (Å²) < 4.78 is 0. The van der Waals surface area contributed by atoms with Gasteiger partial charge in [0.2, 0.25) is 5.91 Å². The molecule has 1 aromatic rings. The Morgan fingerprint density at radius 3 is 2.43 bits per heavy atom. The molecular formula is C16H22Cl2N2O. The Morgan fingerprint density at radius 1 is 1.14 bits per heavy atom. The molecule has 0 radical (unpaired) electrons. The molecule has 1 aliphatic heterocycles. The van der Waals surface area contributed by atoms with Crippen molar-refractivity contribution >= 4 is 34.8 Å². The predicted molar refractivity (Wildman–Crippen MR) is 89.2 cm³/mol. The Kier molecular flexibility index (Phi) is 6.34. The molecule has 1 saturated heterocycles. The van der Waals surface area contributed by atoms with E-state index in [0.29, 0.717) is 15.7 Å². The van der Waals surface area contributed by atoms with Gasteiger partial charge in [-0.25, -0.2) is 0 Å². The molecule has 1 amide bonds. The van der Waals surface area contributed by atoms with E-state index in [1.807, 2.05) is 6.92 Å². The lowest BCUT2D eigenvalue weighted by Crippen LogP contribution is -2.43. The van der Waals surface area contributed by atoms with E-state index < -0.39 is 0 Å². The third kappa shape index (κ3) is 4.87. The molecule has 1 aromatic carbocycles. The van der Waals surface area contributed by atoms with Crippen molar-refractivity contribution in [2.45, 2.75) is 45.1 Å². The molecule has 1 aliphatic rings. The molecule has 2 rings (SSSR count). The first kappa shape index (κ1) is 16.6. The highest BCUT2D eigenvalue weighted by Gasteiger charge is 2.22. The van der Waals surface area contributed by atoms with Crippen molar-refractivity contribution in [2.24, 2.45) is 0 Å². The first-order valence-electron chi connectivity index (χ1n) is 7.58. The number of anilines is 1. The quantitative estimate of drug-likeness (QED) is 0.880. The molecule has 0 bridgehead atoms. The van der Waals surface area contributed by atoms with E-state index in [1.165, 1.54) is 19.3 Å². The summed E-state index contributed by atoms with van der Waals surface area (Å²) in [5.74, 6) is -0.0280. The number of hydrogen-bond acceptors (Lipinski definition) is 2. The van der Waals surface area contributed by atoms with Gasteiger partial charge in [0, 0.05) is 5.02 Å². The third-order valence-electron chi connectivity index (χ3n) is 4.00. The number of carbonyl (C=O) groups excluding carboxylic acids is 1. The Balaban J connectivity index is 1.99. The van der Waals surface area contributed by atoms with E-state index in [4.69, 9.17) is 23.2 Å². The molecule has 1 atom stereocenters. The van der Waals surface area contributed by atoms with Crippen LogP contribution in [0.3, 0.4) is 0 Å². The molecule has 1 heterocycles. The van der Waals surface area contributed by atoms with Gasteiger partial charge in [0.1, 0.15) is 0 Å². The van der Waals surface area contributed by atoms with Crippen molar-refractivity contribution in [3.63, 3.8) is 0 Å². The molecule has 0 saturated carbocycles. The van der Waals surface area contributed by atoms with Crippen molar-refractivity contribution in [1.29, 1.82) is 0 Å². The molecule has 116 valence electrons. The summed E-state index contributed by atoms with van der Waals surface area (Å²) in [5.41, 5.74) is 0.577. The lowest BCUT2D eigenvalue weighted by Gasteiger charge is -2.29. The largest absolute Gasteiger partial charge is 0.323 e. The Bertz CT molecular complexity index is 485. The fourth-order valence-electron chi connectivity index (χ4n) is 2.66. The number of carbonyl (C=O) groups is 1. The maximum atomic E-state index is 12.4. The Hall–Kier alpha value is -0.770. The molecule has 0 spiro atoms. The summed E-state index contributed by atoms with van der Waals surface area (Å²) in [6.45, 7) is 3.92. The summed E-state index contributed by atoms with van der Waals surface area (Å²) in [4.78, 5) is 14.7. The van der Waals surface area contributed by atoms with Gasteiger partial charge in [0.05, 0.1) is 16.8 Å². The van der Waals surface area contributed by atoms with E-state index in [-0.39, 0.29) is 11.9 Å². The van der Waals surface area contributed by atoms with Crippen molar-refractivity contribution < 1.29 is 4.79 Å². The highest BCUT2D eigenvalue weighted by Crippen LogP contribution is 2.26. The summed E-state index contributed by atoms with van der Waals surface area (Å²) in [6, 6.07) is 4.93. The number of amides is 1. The maximum Gasteiger partial charge on any atom is 0.241 e. The van der Waals surface area contributed by atoms with Gasteiger partial charge in [-0.15, -0.1) is 0 Å². The van der Waals surface area contributed by atoms with Crippen LogP contribution in [0.4, 0.5) is 5.69 Å². The highest BCUT2D eigenvalue weighted by atomic mass is 35.5. The predicted octanol–water partition coefficient (Wildman–Crippen LogP) is 4.59. The normalized spacial score (nSPS) is 18.6. The van der Waals surface area contributed by atoms with Gasteiger partial charge < -0.3 is 5.32 Å². The number of halogens is 2. The number of rotatable bonds is 3. The molecule has 3 nitrogen and oxygen atoms in total. The van der Waals surface area contributed by atoms with Crippen LogP contribution in [0, 0.1) is 0 Å². The van der Waals surface area contributed by atoms with Crippen molar-refractivity contribution in [3.05, 3.63) is 28.2 Å². The molecular weight excluding hydrogens is 307 g/mol. The van der Waals surface area contributed by atoms with Crippen molar-refractivity contribution in [2.75, 3.05) is 18.4 Å². The van der Waals surface area contributed by atoms with Crippen LogP contribution in [0.5, 0.6) is 0 Å². The minimum absolute atomic E-state index is 0.0280. The van der Waals surface area contributed by atoms with E-state index in [9.17, 15) is 4.79 Å². The van der Waals surface area contributed by atoms with Gasteiger partial charge in [-0.2, -0.15) is 0 Å². The van der Waals surface area contributed by atoms with Crippen LogP contribution in [0.25, 0.3) is 0 Å². The summed E-state index contributed by atoms with van der Waals surface area (Å²) in [5, 5.41) is 3.96. The molecule has 1 unspecified atom stereocenters. The number of likely N-dealkylation sites (tertiary alicyclic amines) is 1. The van der Waals surface area contributed by atoms with E-state index in [0.717, 1.165) is 25.9 Å². The summed E-state index contributed by atoms with van der Waals surface area (Å²) in [6.07, 6.45) is 6.15. The SMILES string of the molecule is CC(C(=O)Nc1cc(Cl)ccc1Cl)N1CCCCCCC1. The zero-order valence-electron chi connectivity index (χ0n) is 12.4. The first-order chi connectivity index (χ1) is 10.1. The molecule has 1 N–H and O–H groups in total. The van der Waals surface area contributed by atoms with Gasteiger partial charge in [0.25, 0.3) is 0 Å². The Labute approximate surface area is 136 Å². The fourth-order valence-corrected chi connectivity index (χ4v) is 2.99. The van der Waals surface area contributed by atoms with Crippen LogP contribution < -0.4 is 5.32 Å². The number of nitrogens with one attached hydrogen (secondary N) is 1. The monoisotopic (exact) mass is 328 g/mol. The number of benzene rings is 1. The van der Waals surface area contributed by atoms with Crippen LogP contribution in [-0.2, 0) is 4.79 Å². The van der Waals surface area contributed by atoms with Gasteiger partial charge in [-0.05, 0) is 51.1 Å². The van der Waals surface area contributed by atoms with Crippen molar-refractivity contribution in [1.82, 2.24) is 4.90 Å². The zero-order chi connectivity index (χ0) is 15.2. The molecule has 0 aromatic heterocycles. The van der Waals surface area contributed by atoms with Crippen molar-refractivity contribution in [3.8, 4) is 0 Å². The Morgan fingerprint density at radius 2 is 1.76 bits per heavy atom. The second kappa shape index (κ2) is 8.02. The highest BCUT2D eigenvalue weighted by molar-refractivity contribution is 6.35. The lowest BCUT2D eigenvalue weighted by atomic mass is 10.1. The third-order valence-corrected chi connectivity index (χ3v) is 4.57. The second-order valence-electron chi connectivity index (χ2n) is 5.59. The summed E-state index contributed by atoms with van der Waals surface area (Å²) >= 11 is 12.0. The topological polar surface area (TPSA) is 32.3 Å². The van der Waals surface area contributed by atoms with Gasteiger partial charge >= 0.3 is 0 Å². The van der Waals surface area contributed by atoms with Crippen LogP contribution >= 0.6 is 23.2 Å². The molecule has 5 heteroatoms. The number of hydrogen-bond donors (Lipinski definition) is 1. The summed E-state index contributed by atoms with van der Waals surface area (Å²) in [7, 11) is 0.